The lowest BCUT2D eigenvalue weighted by molar-refractivity contribution is -0.401. The maximum Gasteiger partial charge on any atom is 0.433 e. The average molecular weight is 312 g/mol. The Bertz CT molecular complexity index is 839. The van der Waals surface area contributed by atoms with Gasteiger partial charge in [-0.2, -0.15) is 10.2 Å². The number of pyridine rings is 1. The normalized spacial score (nSPS) is 11.0. The standard InChI is InChI=1S/C14H12N6O3/c1-19(12-4-2-3-7-15-12)17-9-10-8-16-18-14(10)11-5-6-13(23-11)20(21)22/h2-9H,1H3,(H,16,18). The first kappa shape index (κ1) is 14.4. The molecule has 9 nitrogen and oxygen atoms in total. The van der Waals surface area contributed by atoms with Crippen LogP contribution >= 0.6 is 0 Å². The van der Waals surface area contributed by atoms with Crippen LogP contribution in [0.1, 0.15) is 5.56 Å². The van der Waals surface area contributed by atoms with Gasteiger partial charge >= 0.3 is 5.88 Å². The molecule has 0 radical (unpaired) electrons. The van der Waals surface area contributed by atoms with Crippen molar-refractivity contribution >= 4 is 17.9 Å². The van der Waals surface area contributed by atoms with Crippen LogP contribution in [-0.2, 0) is 0 Å². The Kier molecular flexibility index (Phi) is 3.83. The number of nitro groups is 1. The van der Waals surface area contributed by atoms with Crippen LogP contribution in [0.15, 0.2) is 52.2 Å². The third-order valence-electron chi connectivity index (χ3n) is 3.03. The number of furan rings is 1. The number of nitrogens with zero attached hydrogens (tertiary/aromatic N) is 5. The molecule has 0 aromatic carbocycles. The summed E-state index contributed by atoms with van der Waals surface area (Å²) in [6.45, 7) is 0. The predicted molar refractivity (Wildman–Crippen MR) is 83.2 cm³/mol. The monoisotopic (exact) mass is 312 g/mol. The summed E-state index contributed by atoms with van der Waals surface area (Å²) in [6.07, 6.45) is 4.87. The van der Waals surface area contributed by atoms with E-state index < -0.39 is 4.92 Å². The topological polar surface area (TPSA) is 113 Å². The number of anilines is 1. The largest absolute Gasteiger partial charge is 0.433 e. The second kappa shape index (κ2) is 6.10. The summed E-state index contributed by atoms with van der Waals surface area (Å²) in [4.78, 5) is 14.3. The summed E-state index contributed by atoms with van der Waals surface area (Å²) < 4.78 is 5.15. The number of rotatable bonds is 5. The van der Waals surface area contributed by atoms with E-state index in [1.54, 1.807) is 30.7 Å². The molecule has 0 fully saturated rings. The lowest BCUT2D eigenvalue weighted by Crippen LogP contribution is -2.10. The van der Waals surface area contributed by atoms with Crippen molar-refractivity contribution in [1.82, 2.24) is 15.2 Å². The fourth-order valence-electron chi connectivity index (χ4n) is 1.90. The molecule has 0 bridgehead atoms. The highest BCUT2D eigenvalue weighted by molar-refractivity contribution is 5.87. The van der Waals surface area contributed by atoms with Crippen molar-refractivity contribution < 1.29 is 9.34 Å². The maximum atomic E-state index is 10.7. The summed E-state index contributed by atoms with van der Waals surface area (Å²) in [6, 6.07) is 8.28. The molecule has 0 unspecified atom stereocenters. The second-order valence-electron chi connectivity index (χ2n) is 4.54. The summed E-state index contributed by atoms with van der Waals surface area (Å²) in [5, 5.41) is 23.3. The van der Waals surface area contributed by atoms with Crippen molar-refractivity contribution in [3.8, 4) is 11.5 Å². The van der Waals surface area contributed by atoms with Gasteiger partial charge in [0.05, 0.1) is 12.3 Å². The van der Waals surface area contributed by atoms with E-state index in [1.165, 1.54) is 12.1 Å². The van der Waals surface area contributed by atoms with E-state index in [0.717, 1.165) is 0 Å². The first-order valence-electron chi connectivity index (χ1n) is 6.62. The molecule has 23 heavy (non-hydrogen) atoms. The van der Waals surface area contributed by atoms with Crippen LogP contribution in [0.2, 0.25) is 0 Å². The molecule has 0 amide bonds. The van der Waals surface area contributed by atoms with E-state index in [0.29, 0.717) is 22.8 Å². The minimum absolute atomic E-state index is 0.292. The van der Waals surface area contributed by atoms with Crippen molar-refractivity contribution in [3.05, 3.63) is 58.4 Å². The Balaban J connectivity index is 1.83. The van der Waals surface area contributed by atoms with E-state index in [-0.39, 0.29) is 5.88 Å². The number of hydrogen-bond acceptors (Lipinski definition) is 7. The van der Waals surface area contributed by atoms with Crippen LogP contribution in [0.25, 0.3) is 11.5 Å². The summed E-state index contributed by atoms with van der Waals surface area (Å²) >= 11 is 0. The van der Waals surface area contributed by atoms with Gasteiger partial charge in [0.15, 0.2) is 5.76 Å². The van der Waals surface area contributed by atoms with Crippen molar-refractivity contribution in [2.45, 2.75) is 0 Å². The Morgan fingerprint density at radius 1 is 1.39 bits per heavy atom. The molecule has 1 N–H and O–H groups in total. The van der Waals surface area contributed by atoms with Crippen molar-refractivity contribution in [1.29, 1.82) is 0 Å². The lowest BCUT2D eigenvalue weighted by Gasteiger charge is -2.10. The molecule has 3 aromatic heterocycles. The fraction of sp³-hybridized carbons (Fsp3) is 0.0714. The first-order chi connectivity index (χ1) is 11.1. The van der Waals surface area contributed by atoms with Crippen LogP contribution in [0.3, 0.4) is 0 Å². The van der Waals surface area contributed by atoms with Gasteiger partial charge in [0, 0.05) is 25.0 Å². The van der Waals surface area contributed by atoms with Crippen LogP contribution in [0, 0.1) is 10.1 Å². The van der Waals surface area contributed by atoms with Gasteiger partial charge in [-0.05, 0) is 18.2 Å². The smallest absolute Gasteiger partial charge is 0.399 e. The molecule has 116 valence electrons. The number of hydrazone groups is 1. The van der Waals surface area contributed by atoms with Gasteiger partial charge < -0.3 is 4.42 Å². The van der Waals surface area contributed by atoms with E-state index in [2.05, 4.69) is 20.3 Å². The molecule has 0 aliphatic carbocycles. The number of H-pyrrole nitrogens is 1. The molecule has 3 heterocycles. The highest BCUT2D eigenvalue weighted by Crippen LogP contribution is 2.26. The minimum atomic E-state index is -0.598. The van der Waals surface area contributed by atoms with Gasteiger partial charge in [0.2, 0.25) is 0 Å². The Morgan fingerprint density at radius 3 is 2.96 bits per heavy atom. The molecule has 0 saturated carbocycles. The quantitative estimate of drug-likeness (QED) is 0.440. The van der Waals surface area contributed by atoms with E-state index >= 15 is 0 Å². The zero-order valence-corrected chi connectivity index (χ0v) is 12.1. The van der Waals surface area contributed by atoms with E-state index in [4.69, 9.17) is 4.42 Å². The number of nitrogens with one attached hydrogen (secondary N) is 1. The zero-order valence-electron chi connectivity index (χ0n) is 12.1. The molecule has 0 aliphatic heterocycles. The van der Waals surface area contributed by atoms with Crippen LogP contribution in [0.4, 0.5) is 11.7 Å². The lowest BCUT2D eigenvalue weighted by atomic mass is 10.2. The van der Waals surface area contributed by atoms with Gasteiger partial charge in [0.1, 0.15) is 16.4 Å². The first-order valence-corrected chi connectivity index (χ1v) is 6.62. The highest BCUT2D eigenvalue weighted by atomic mass is 16.6. The van der Waals surface area contributed by atoms with Crippen molar-refractivity contribution in [2.75, 3.05) is 12.1 Å². The number of aromatic amines is 1. The minimum Gasteiger partial charge on any atom is -0.399 e. The van der Waals surface area contributed by atoms with Gasteiger partial charge in [-0.15, -0.1) is 0 Å². The van der Waals surface area contributed by atoms with Gasteiger partial charge in [-0.25, -0.2) is 4.98 Å². The third kappa shape index (κ3) is 3.07. The number of aromatic nitrogens is 3. The van der Waals surface area contributed by atoms with Crippen LogP contribution < -0.4 is 5.01 Å². The van der Waals surface area contributed by atoms with E-state index in [1.807, 2.05) is 18.2 Å². The third-order valence-corrected chi connectivity index (χ3v) is 3.03. The molecule has 0 atom stereocenters. The molecule has 0 saturated heterocycles. The van der Waals surface area contributed by atoms with Crippen LogP contribution in [0.5, 0.6) is 0 Å². The Morgan fingerprint density at radius 2 is 2.26 bits per heavy atom. The highest BCUT2D eigenvalue weighted by Gasteiger charge is 2.17. The molecule has 0 aliphatic rings. The maximum absolute atomic E-state index is 10.7. The summed E-state index contributed by atoms with van der Waals surface area (Å²) in [5.74, 6) is 0.638. The van der Waals surface area contributed by atoms with Gasteiger partial charge in [-0.3, -0.25) is 20.2 Å². The predicted octanol–water partition coefficient (Wildman–Crippen LogP) is 2.44. The molecule has 3 aromatic rings. The van der Waals surface area contributed by atoms with Crippen LogP contribution in [-0.4, -0.2) is 33.4 Å². The molecular formula is C14H12N6O3. The molecule has 0 spiro atoms. The Hall–Kier alpha value is -3.49. The molecule has 3 rings (SSSR count). The summed E-state index contributed by atoms with van der Waals surface area (Å²) in [7, 11) is 1.76. The fourth-order valence-corrected chi connectivity index (χ4v) is 1.90. The summed E-state index contributed by atoms with van der Waals surface area (Å²) in [5.41, 5.74) is 1.08. The van der Waals surface area contributed by atoms with E-state index in [9.17, 15) is 10.1 Å². The van der Waals surface area contributed by atoms with Crippen molar-refractivity contribution in [3.63, 3.8) is 0 Å². The average Bonchev–Trinajstić information content (AvgIpc) is 3.22. The molecule has 9 heteroatoms. The molecular weight excluding hydrogens is 300 g/mol. The Labute approximate surface area is 130 Å². The SMILES string of the molecule is CN(N=Cc1c[nH]nc1-c1ccc([N+](=O)[O-])o1)c1ccccn1. The van der Waals surface area contributed by atoms with Crippen molar-refractivity contribution in [2.24, 2.45) is 5.10 Å². The van der Waals surface area contributed by atoms with Gasteiger partial charge in [-0.1, -0.05) is 6.07 Å². The number of hydrogen-bond donors (Lipinski definition) is 1. The van der Waals surface area contributed by atoms with Gasteiger partial charge in [0.25, 0.3) is 0 Å². The second-order valence-corrected chi connectivity index (χ2v) is 4.54. The zero-order chi connectivity index (χ0) is 16.2.